The van der Waals surface area contributed by atoms with Gasteiger partial charge >= 0.3 is 5.97 Å². The molecule has 0 bridgehead atoms. The van der Waals surface area contributed by atoms with Crippen molar-refractivity contribution in [2.45, 2.75) is 187 Å². The summed E-state index contributed by atoms with van der Waals surface area (Å²) in [5, 5.41) is 54.5. The van der Waals surface area contributed by atoms with Gasteiger partial charge in [-0.25, -0.2) is 20.7 Å². The van der Waals surface area contributed by atoms with Crippen LogP contribution in [0.15, 0.2) is 23.3 Å². The summed E-state index contributed by atoms with van der Waals surface area (Å²) in [5.74, 6) is -11.9. The van der Waals surface area contributed by atoms with E-state index >= 15 is 4.79 Å². The third-order valence-corrected chi connectivity index (χ3v) is 14.6. The molecule has 6 amide bonds. The Hall–Kier alpha value is -4.88. The van der Waals surface area contributed by atoms with Crippen LogP contribution in [0.1, 0.15) is 121 Å². The minimum absolute atomic E-state index is 0.0795. The lowest BCUT2D eigenvalue weighted by molar-refractivity contribution is -0.325. The number of aliphatic hydroxyl groups excluding tert-OH is 1. The van der Waals surface area contributed by atoms with Crippen LogP contribution in [0.2, 0.25) is 0 Å². The largest absolute Gasteiger partial charge is 0.458 e. The van der Waals surface area contributed by atoms with Crippen molar-refractivity contribution in [2.24, 2.45) is 17.8 Å². The molecule has 0 radical (unpaired) electrons. The van der Waals surface area contributed by atoms with E-state index in [0.29, 0.717) is 24.0 Å². The minimum Gasteiger partial charge on any atom is -0.458 e. The van der Waals surface area contributed by atoms with Crippen molar-refractivity contribution >= 4 is 47.2 Å². The van der Waals surface area contributed by atoms with E-state index in [9.17, 15) is 54.1 Å². The van der Waals surface area contributed by atoms with E-state index in [2.05, 4.69) is 21.5 Å². The average molecular weight is 1020 g/mol. The molecular weight excluding hydrogens is 941 g/mol. The molecule has 0 aliphatic carbocycles. The Kier molecular flexibility index (Phi) is 21.0. The summed E-state index contributed by atoms with van der Waals surface area (Å²) < 4.78 is 17.6. The van der Waals surface area contributed by atoms with Crippen LogP contribution >= 0.6 is 0 Å². The molecule has 406 valence electrons. The van der Waals surface area contributed by atoms with Crippen molar-refractivity contribution in [3.05, 3.63) is 23.3 Å². The molecule has 13 atom stereocenters. The first kappa shape index (κ1) is 59.7. The smallest absolute Gasteiger partial charge is 0.331 e. The highest BCUT2D eigenvalue weighted by Gasteiger charge is 2.59. The van der Waals surface area contributed by atoms with Gasteiger partial charge in [0, 0.05) is 39.6 Å². The summed E-state index contributed by atoms with van der Waals surface area (Å²) in [6, 6.07) is -9.80. The normalized spacial score (nSPS) is 32.1. The van der Waals surface area contributed by atoms with E-state index < -0.39 is 132 Å². The number of aliphatic hydroxyl groups is 3. The van der Waals surface area contributed by atoms with E-state index in [1.807, 2.05) is 13.8 Å². The van der Waals surface area contributed by atoms with Gasteiger partial charge in [0.2, 0.25) is 11.7 Å². The highest BCUT2D eigenvalue weighted by atomic mass is 16.7. The Morgan fingerprint density at radius 2 is 1.54 bits per heavy atom. The van der Waals surface area contributed by atoms with Crippen LogP contribution in [-0.4, -0.2) is 188 Å². The van der Waals surface area contributed by atoms with Crippen LogP contribution < -0.4 is 21.5 Å². The summed E-state index contributed by atoms with van der Waals surface area (Å²) in [7, 11) is 2.48. The van der Waals surface area contributed by atoms with Gasteiger partial charge < -0.3 is 45.1 Å². The average Bonchev–Trinajstić information content (AvgIpc) is 3.37. The van der Waals surface area contributed by atoms with Crippen molar-refractivity contribution in [3.8, 4) is 0 Å². The molecule has 23 heteroatoms. The van der Waals surface area contributed by atoms with E-state index in [1.165, 1.54) is 48.8 Å². The quantitative estimate of drug-likeness (QED) is 0.0527. The van der Waals surface area contributed by atoms with E-state index in [-0.39, 0.29) is 62.0 Å². The summed E-state index contributed by atoms with van der Waals surface area (Å²) in [6.07, 6.45) is -0.165. The van der Waals surface area contributed by atoms with Gasteiger partial charge in [0.1, 0.15) is 30.3 Å². The van der Waals surface area contributed by atoms with Crippen LogP contribution in [0, 0.1) is 17.8 Å². The number of esters is 1. The summed E-state index contributed by atoms with van der Waals surface area (Å²) >= 11 is 0. The number of hydrogen-bond acceptors (Lipinski definition) is 17. The van der Waals surface area contributed by atoms with Crippen LogP contribution in [0.3, 0.4) is 0 Å². The summed E-state index contributed by atoms with van der Waals surface area (Å²) in [6.45, 7) is 15.7. The molecule has 4 heterocycles. The fourth-order valence-corrected chi connectivity index (χ4v) is 9.68. The number of cyclic esters (lactones) is 1. The van der Waals surface area contributed by atoms with Crippen molar-refractivity contribution in [2.75, 3.05) is 33.9 Å². The number of hydrazine groups is 2. The number of carbonyl (C=O) groups excluding carboxylic acids is 8. The zero-order valence-electron chi connectivity index (χ0n) is 43.9. The highest BCUT2D eigenvalue weighted by Crippen LogP contribution is 2.42. The van der Waals surface area contributed by atoms with Gasteiger partial charge in [-0.1, -0.05) is 46.8 Å². The first-order valence-electron chi connectivity index (χ1n) is 25.2. The minimum atomic E-state index is -2.82. The van der Waals surface area contributed by atoms with Gasteiger partial charge in [-0.15, -0.1) is 0 Å². The lowest BCUT2D eigenvalue weighted by Gasteiger charge is -2.49. The monoisotopic (exact) mass is 1020 g/mol. The van der Waals surface area contributed by atoms with Gasteiger partial charge in [0.05, 0.1) is 18.8 Å². The second kappa shape index (κ2) is 25.4. The second-order valence-corrected chi connectivity index (χ2v) is 20.0. The Labute approximate surface area is 422 Å². The van der Waals surface area contributed by atoms with Crippen LogP contribution in [0.5, 0.6) is 0 Å². The maximum absolute atomic E-state index is 15.3. The van der Waals surface area contributed by atoms with Crippen molar-refractivity contribution in [1.82, 2.24) is 41.5 Å². The molecule has 4 aliphatic heterocycles. The first-order chi connectivity index (χ1) is 33.8. The molecule has 0 aromatic carbocycles. The Morgan fingerprint density at radius 3 is 2.08 bits per heavy atom. The Morgan fingerprint density at radius 1 is 0.944 bits per heavy atom. The molecule has 0 aromatic heterocycles. The predicted molar refractivity (Wildman–Crippen MR) is 258 cm³/mol. The SMILES string of the molecule is C/C=C(\C)C(=O)[C@H](/C=C(\C)[C@H]1O[C@@](O)([C@@](O)(CC)C(=O)N[C@@H]2C(=O)N3NCCC[C@@H]3C(=O)N(O)[C@@H](COC)C(=O)N(C)[C@H](C)C(=O)N3NCCC[C@H]3C(=O)N[C@H]([C@H](C)O)C(=O)O[C@H]2C(C)C)CC[C@@H]1C)CC. The fourth-order valence-electron chi connectivity index (χ4n) is 9.68. The number of carbonyl (C=O) groups is 8. The maximum Gasteiger partial charge on any atom is 0.331 e. The van der Waals surface area contributed by atoms with Gasteiger partial charge in [-0.2, -0.15) is 0 Å². The molecule has 4 aliphatic rings. The molecule has 0 spiro atoms. The number of nitrogens with zero attached hydrogens (tertiary/aromatic N) is 4. The molecule has 0 saturated carbocycles. The predicted octanol–water partition coefficient (Wildman–Crippen LogP) is 0.142. The number of rotatable bonds is 13. The van der Waals surface area contributed by atoms with Crippen molar-refractivity contribution in [1.29, 1.82) is 0 Å². The lowest BCUT2D eigenvalue weighted by atomic mass is 9.78. The first-order valence-corrected chi connectivity index (χ1v) is 25.2. The maximum atomic E-state index is 15.3. The lowest BCUT2D eigenvalue weighted by Crippen LogP contribution is -2.71. The van der Waals surface area contributed by atoms with Gasteiger partial charge in [0.25, 0.3) is 29.5 Å². The van der Waals surface area contributed by atoms with Crippen LogP contribution in [0.4, 0.5) is 0 Å². The number of hydroxylamine groups is 2. The molecule has 72 heavy (non-hydrogen) atoms. The van der Waals surface area contributed by atoms with Gasteiger partial charge in [-0.3, -0.25) is 48.8 Å². The molecule has 4 fully saturated rings. The fraction of sp³-hybridized carbons (Fsp3) is 0.755. The van der Waals surface area contributed by atoms with E-state index in [1.54, 1.807) is 32.9 Å². The summed E-state index contributed by atoms with van der Waals surface area (Å²) in [4.78, 5) is 116. The number of amides is 6. The van der Waals surface area contributed by atoms with E-state index in [4.69, 9.17) is 14.2 Å². The number of hydrogen-bond donors (Lipinski definition) is 8. The highest BCUT2D eigenvalue weighted by molar-refractivity contribution is 5.99. The molecule has 0 aromatic rings. The zero-order valence-corrected chi connectivity index (χ0v) is 43.9. The standard InChI is InChI=1S/C49H80N8O15/c1-13-27(6)38(59)32(14-2)24-29(8)40-28(7)20-21-49(68,72-40)48(67,15-3)47(66)53-37-39(26(4)5)71-46(65)36(31(10)58)52-41(60)33-18-16-22-50-55(33)42(61)30(9)54(11)43(62)35(25-70-12)57(69)44(63)34-19-17-23-51-56(34)45(37)64/h13,24,26,28,30-37,39-40,50-51,58,67-69H,14-23,25H2,1-12H3,(H,52,60)(H,53,66)/b27-13+,29-24+/t28-,30+,31-,32-,33-,34+,35-,36+,37-,39-,40-,48+,49+/m0/s1. The second-order valence-electron chi connectivity index (χ2n) is 20.0. The third-order valence-electron chi connectivity index (χ3n) is 14.6. The van der Waals surface area contributed by atoms with Crippen LogP contribution in [-0.2, 0) is 52.6 Å². The summed E-state index contributed by atoms with van der Waals surface area (Å²) in [5.41, 5.74) is 4.02. The number of likely N-dealkylation sites (N-methyl/N-ethyl adjacent to an activating group) is 1. The number of ketones is 1. The van der Waals surface area contributed by atoms with E-state index in [0.717, 1.165) is 14.9 Å². The molecular formula is C49H80N8O15. The zero-order chi connectivity index (χ0) is 54.2. The third kappa shape index (κ3) is 12.7. The molecule has 0 unspecified atom stereocenters. The van der Waals surface area contributed by atoms with Crippen molar-refractivity contribution < 1.29 is 73.1 Å². The Balaban J connectivity index is 1.88. The van der Waals surface area contributed by atoms with Crippen LogP contribution in [0.25, 0.3) is 0 Å². The molecule has 8 N–H and O–H groups in total. The number of methoxy groups -OCH3 is 1. The number of Topliss-reactive ketones (excluding diaryl/α,β-unsaturated/α-hetero) is 1. The molecule has 4 rings (SSSR count). The van der Waals surface area contributed by atoms with Gasteiger partial charge in [-0.05, 0) is 103 Å². The van der Waals surface area contributed by atoms with Gasteiger partial charge in [0.15, 0.2) is 23.5 Å². The number of allylic oxidation sites excluding steroid dienone is 3. The molecule has 23 nitrogen and oxygen atoms in total. The van der Waals surface area contributed by atoms with Crippen molar-refractivity contribution in [3.63, 3.8) is 0 Å². The topological polar surface area (TPSA) is 306 Å². The number of ether oxygens (including phenoxy) is 3. The molecule has 4 saturated heterocycles. The number of nitrogens with one attached hydrogen (secondary N) is 4. The Bertz CT molecular complexity index is 2070. The number of fused-ring (bicyclic) bond motifs is 2.